The van der Waals surface area contributed by atoms with Crippen LogP contribution >= 0.6 is 0 Å². The van der Waals surface area contributed by atoms with Crippen molar-refractivity contribution in [2.45, 2.75) is 25.3 Å². The number of rotatable bonds is 2. The molecule has 0 bridgehead atoms. The van der Waals surface area contributed by atoms with Crippen LogP contribution in [0.4, 0.5) is 17.3 Å². The fourth-order valence-corrected chi connectivity index (χ4v) is 2.60. The molecule has 5 N–H and O–H groups in total. The molecule has 98 valence electrons. The second kappa shape index (κ2) is 4.80. The number of aromatic nitrogens is 1. The predicted molar refractivity (Wildman–Crippen MR) is 78.9 cm³/mol. The largest absolute Gasteiger partial charge is 0.396 e. The van der Waals surface area contributed by atoms with Gasteiger partial charge in [-0.05, 0) is 42.5 Å². The van der Waals surface area contributed by atoms with Gasteiger partial charge in [-0.3, -0.25) is 0 Å². The molecule has 1 unspecified atom stereocenters. The highest BCUT2D eigenvalue weighted by atomic mass is 15.0. The molecule has 4 nitrogen and oxygen atoms in total. The third kappa shape index (κ3) is 2.47. The molecule has 0 spiro atoms. The van der Waals surface area contributed by atoms with Gasteiger partial charge < -0.3 is 16.8 Å². The first kappa shape index (κ1) is 11.8. The standard InChI is InChI=1S/C15H18N4/c16-13-7-8-14(19-15(13)17)18-12-6-5-10-3-1-2-4-11(10)9-12/h1-4,7-8,12H,5-6,9,16H2,(H3,17,18,19). The van der Waals surface area contributed by atoms with Crippen LogP contribution in [0.1, 0.15) is 17.5 Å². The Bertz CT molecular complexity index is 594. The monoisotopic (exact) mass is 254 g/mol. The third-order valence-electron chi connectivity index (χ3n) is 3.66. The first-order valence-electron chi connectivity index (χ1n) is 6.57. The van der Waals surface area contributed by atoms with Crippen LogP contribution < -0.4 is 16.8 Å². The topological polar surface area (TPSA) is 77.0 Å². The minimum absolute atomic E-state index is 0.390. The van der Waals surface area contributed by atoms with E-state index in [1.54, 1.807) is 6.07 Å². The van der Waals surface area contributed by atoms with Gasteiger partial charge in [-0.2, -0.15) is 0 Å². The quantitative estimate of drug-likeness (QED) is 0.768. The highest BCUT2D eigenvalue weighted by molar-refractivity contribution is 5.61. The zero-order valence-electron chi connectivity index (χ0n) is 10.8. The van der Waals surface area contributed by atoms with Crippen LogP contribution in [0.5, 0.6) is 0 Å². The van der Waals surface area contributed by atoms with E-state index < -0.39 is 0 Å². The maximum atomic E-state index is 5.73. The molecule has 2 aromatic rings. The molecule has 0 fully saturated rings. The summed E-state index contributed by atoms with van der Waals surface area (Å²) in [5, 5.41) is 3.44. The minimum Gasteiger partial charge on any atom is -0.396 e. The molecule has 0 aliphatic heterocycles. The van der Waals surface area contributed by atoms with Gasteiger partial charge in [-0.25, -0.2) is 4.98 Å². The Balaban J connectivity index is 1.73. The van der Waals surface area contributed by atoms with Crippen molar-refractivity contribution in [2.24, 2.45) is 0 Å². The van der Waals surface area contributed by atoms with E-state index in [-0.39, 0.29) is 0 Å². The molecule has 1 aliphatic carbocycles. The molecular weight excluding hydrogens is 236 g/mol. The maximum Gasteiger partial charge on any atom is 0.149 e. The Morgan fingerprint density at radius 3 is 2.63 bits per heavy atom. The van der Waals surface area contributed by atoms with Crippen LogP contribution in [0.2, 0.25) is 0 Å². The van der Waals surface area contributed by atoms with Crippen molar-refractivity contribution in [1.82, 2.24) is 4.98 Å². The summed E-state index contributed by atoms with van der Waals surface area (Å²) in [4.78, 5) is 4.26. The summed E-state index contributed by atoms with van der Waals surface area (Å²) in [6, 6.07) is 12.7. The van der Waals surface area contributed by atoms with Crippen molar-refractivity contribution < 1.29 is 0 Å². The van der Waals surface area contributed by atoms with Crippen LogP contribution in [-0.4, -0.2) is 11.0 Å². The number of aryl methyl sites for hydroxylation is 1. The Morgan fingerprint density at radius 2 is 1.84 bits per heavy atom. The highest BCUT2D eigenvalue weighted by Crippen LogP contribution is 2.24. The third-order valence-corrected chi connectivity index (χ3v) is 3.66. The molecular formula is C15H18N4. The molecule has 4 heteroatoms. The van der Waals surface area contributed by atoms with Crippen molar-refractivity contribution in [3.8, 4) is 0 Å². The number of fused-ring (bicyclic) bond motifs is 1. The summed E-state index contributed by atoms with van der Waals surface area (Å²) in [7, 11) is 0. The Kier molecular flexibility index (Phi) is 2.99. The second-order valence-corrected chi connectivity index (χ2v) is 5.02. The molecule has 1 heterocycles. The predicted octanol–water partition coefficient (Wildman–Crippen LogP) is 2.22. The van der Waals surface area contributed by atoms with Crippen molar-refractivity contribution >= 4 is 17.3 Å². The van der Waals surface area contributed by atoms with Crippen molar-refractivity contribution in [3.05, 3.63) is 47.5 Å². The Labute approximate surface area is 112 Å². The number of hydrogen-bond acceptors (Lipinski definition) is 4. The number of benzene rings is 1. The van der Waals surface area contributed by atoms with Gasteiger partial charge in [0.2, 0.25) is 0 Å². The lowest BCUT2D eigenvalue weighted by Crippen LogP contribution is -2.27. The van der Waals surface area contributed by atoms with E-state index in [2.05, 4.69) is 34.6 Å². The normalized spacial score (nSPS) is 17.8. The average molecular weight is 254 g/mol. The summed E-state index contributed by atoms with van der Waals surface area (Å²) >= 11 is 0. The molecule has 1 atom stereocenters. The fraction of sp³-hybridized carbons (Fsp3) is 0.267. The van der Waals surface area contributed by atoms with Gasteiger partial charge in [0, 0.05) is 6.04 Å². The molecule has 1 aromatic heterocycles. The van der Waals surface area contributed by atoms with E-state index in [4.69, 9.17) is 11.5 Å². The number of nitrogen functional groups attached to an aromatic ring is 2. The number of anilines is 3. The Morgan fingerprint density at radius 1 is 1.05 bits per heavy atom. The number of hydrogen-bond donors (Lipinski definition) is 3. The lowest BCUT2D eigenvalue weighted by atomic mass is 9.88. The summed E-state index contributed by atoms with van der Waals surface area (Å²) in [5.41, 5.74) is 14.8. The van der Waals surface area contributed by atoms with Gasteiger partial charge >= 0.3 is 0 Å². The second-order valence-electron chi connectivity index (χ2n) is 5.02. The maximum absolute atomic E-state index is 5.73. The molecule has 0 amide bonds. The van der Waals surface area contributed by atoms with Gasteiger partial charge in [0.1, 0.15) is 11.6 Å². The smallest absolute Gasteiger partial charge is 0.149 e. The summed E-state index contributed by atoms with van der Waals surface area (Å²) in [5.74, 6) is 1.19. The number of nitrogens with zero attached hydrogens (tertiary/aromatic N) is 1. The van der Waals surface area contributed by atoms with Gasteiger partial charge in [0.25, 0.3) is 0 Å². The average Bonchev–Trinajstić information content (AvgIpc) is 2.43. The van der Waals surface area contributed by atoms with Gasteiger partial charge in [0.05, 0.1) is 5.69 Å². The summed E-state index contributed by atoms with van der Waals surface area (Å²) in [6.45, 7) is 0. The molecule has 0 saturated carbocycles. The van der Waals surface area contributed by atoms with E-state index >= 15 is 0 Å². The zero-order valence-corrected chi connectivity index (χ0v) is 10.8. The number of pyridine rings is 1. The molecule has 1 aromatic carbocycles. The molecule has 1 aliphatic rings. The van der Waals surface area contributed by atoms with E-state index in [0.717, 1.165) is 25.1 Å². The molecule has 19 heavy (non-hydrogen) atoms. The summed E-state index contributed by atoms with van der Waals surface area (Å²) < 4.78 is 0. The van der Waals surface area contributed by atoms with E-state index in [9.17, 15) is 0 Å². The van der Waals surface area contributed by atoms with Gasteiger partial charge in [-0.1, -0.05) is 24.3 Å². The zero-order chi connectivity index (χ0) is 13.2. The van der Waals surface area contributed by atoms with Crippen molar-refractivity contribution in [3.63, 3.8) is 0 Å². The molecule has 0 saturated heterocycles. The van der Waals surface area contributed by atoms with Crippen LogP contribution in [-0.2, 0) is 12.8 Å². The lowest BCUT2D eigenvalue weighted by molar-refractivity contribution is 0.609. The van der Waals surface area contributed by atoms with E-state index in [1.165, 1.54) is 11.1 Å². The Hall–Kier alpha value is -2.23. The SMILES string of the molecule is Nc1ccc(NC2CCc3ccccc3C2)nc1N. The minimum atomic E-state index is 0.390. The number of nitrogens with two attached hydrogens (primary N) is 2. The fourth-order valence-electron chi connectivity index (χ4n) is 2.60. The van der Waals surface area contributed by atoms with Crippen LogP contribution in [0.3, 0.4) is 0 Å². The molecule has 0 radical (unpaired) electrons. The van der Waals surface area contributed by atoms with E-state index in [1.807, 2.05) is 6.07 Å². The van der Waals surface area contributed by atoms with Crippen LogP contribution in [0.15, 0.2) is 36.4 Å². The highest BCUT2D eigenvalue weighted by Gasteiger charge is 2.18. The van der Waals surface area contributed by atoms with Gasteiger partial charge in [0.15, 0.2) is 0 Å². The number of nitrogens with one attached hydrogen (secondary N) is 1. The van der Waals surface area contributed by atoms with Crippen molar-refractivity contribution in [2.75, 3.05) is 16.8 Å². The van der Waals surface area contributed by atoms with Crippen LogP contribution in [0, 0.1) is 0 Å². The van der Waals surface area contributed by atoms with Crippen molar-refractivity contribution in [1.29, 1.82) is 0 Å². The first-order chi connectivity index (χ1) is 9.22. The summed E-state index contributed by atoms with van der Waals surface area (Å²) in [6.07, 6.45) is 3.25. The first-order valence-corrected chi connectivity index (χ1v) is 6.57. The van der Waals surface area contributed by atoms with E-state index in [0.29, 0.717) is 17.5 Å². The lowest BCUT2D eigenvalue weighted by Gasteiger charge is -2.26. The van der Waals surface area contributed by atoms with Crippen LogP contribution in [0.25, 0.3) is 0 Å². The molecule has 3 rings (SSSR count). The van der Waals surface area contributed by atoms with Gasteiger partial charge in [-0.15, -0.1) is 0 Å².